The number of benzene rings is 7. The van der Waals surface area contributed by atoms with Crippen molar-refractivity contribution in [3.8, 4) is 22.4 Å². The van der Waals surface area contributed by atoms with Gasteiger partial charge < -0.3 is 4.42 Å². The van der Waals surface area contributed by atoms with E-state index < -0.39 is 0 Å². The lowest BCUT2D eigenvalue weighted by Gasteiger charge is -2.32. The molecule has 0 saturated carbocycles. The topological polar surface area (TPSA) is 42.2 Å². The number of para-hydroxylation sites is 2. The number of hydrogen-bond acceptors (Lipinski definition) is 4. The lowest BCUT2D eigenvalue weighted by atomic mass is 9.89. The molecule has 0 spiro atoms. The summed E-state index contributed by atoms with van der Waals surface area (Å²) in [5.74, 6) is 0.641. The summed E-state index contributed by atoms with van der Waals surface area (Å²) >= 11 is 0. The third-order valence-electron chi connectivity index (χ3n) is 8.98. The van der Waals surface area contributed by atoms with Crippen LogP contribution in [0.1, 0.15) is 0 Å². The molecule has 0 radical (unpaired) electrons. The Morgan fingerprint density at radius 3 is 2.18 bits per heavy atom. The molecule has 9 aromatic rings. The smallest absolute Gasteiger partial charge is 0.235 e. The molecule has 7 aromatic carbocycles. The molecular weight excluding hydrogens is 538 g/mol. The van der Waals surface area contributed by atoms with E-state index in [4.69, 9.17) is 14.4 Å². The van der Waals surface area contributed by atoms with E-state index in [1.54, 1.807) is 0 Å². The van der Waals surface area contributed by atoms with Crippen LogP contribution in [0.25, 0.3) is 76.8 Å². The number of rotatable bonds is 2. The average molecular weight is 562 g/mol. The van der Waals surface area contributed by atoms with Gasteiger partial charge >= 0.3 is 0 Å². The molecule has 0 N–H and O–H groups in total. The molecule has 4 nitrogen and oxygen atoms in total. The van der Waals surface area contributed by atoms with Gasteiger partial charge in [0.15, 0.2) is 0 Å². The van der Waals surface area contributed by atoms with Crippen LogP contribution in [0.4, 0.5) is 17.3 Å². The summed E-state index contributed by atoms with van der Waals surface area (Å²) in [4.78, 5) is 12.9. The van der Waals surface area contributed by atoms with Crippen LogP contribution in [0.2, 0.25) is 0 Å². The molecule has 1 aliphatic heterocycles. The molecule has 0 bridgehead atoms. The minimum Gasteiger partial charge on any atom is -0.455 e. The van der Waals surface area contributed by atoms with Gasteiger partial charge in [0, 0.05) is 38.1 Å². The Kier molecular flexibility index (Phi) is 4.69. The highest BCUT2D eigenvalue weighted by atomic mass is 16.3. The van der Waals surface area contributed by atoms with Gasteiger partial charge in [-0.15, -0.1) is 0 Å². The summed E-state index contributed by atoms with van der Waals surface area (Å²) in [6.07, 6.45) is 0. The van der Waals surface area contributed by atoms with Gasteiger partial charge in [-0.1, -0.05) is 109 Å². The Bertz CT molecular complexity index is 2620. The van der Waals surface area contributed by atoms with Gasteiger partial charge in [-0.25, -0.2) is 9.97 Å². The van der Waals surface area contributed by atoms with E-state index in [1.807, 2.05) is 18.2 Å². The fourth-order valence-corrected chi connectivity index (χ4v) is 7.07. The fourth-order valence-electron chi connectivity index (χ4n) is 7.07. The molecule has 0 atom stereocenters. The maximum atomic E-state index is 6.50. The lowest BCUT2D eigenvalue weighted by molar-refractivity contribution is 0.672. The van der Waals surface area contributed by atoms with E-state index in [2.05, 4.69) is 126 Å². The molecule has 2 aromatic heterocycles. The van der Waals surface area contributed by atoms with Crippen molar-refractivity contribution in [3.05, 3.63) is 140 Å². The molecule has 4 heteroatoms. The summed E-state index contributed by atoms with van der Waals surface area (Å²) in [7, 11) is 0. The van der Waals surface area contributed by atoms with Gasteiger partial charge in [-0.3, -0.25) is 4.90 Å². The highest BCUT2D eigenvalue weighted by molar-refractivity contribution is 6.25. The molecule has 44 heavy (non-hydrogen) atoms. The van der Waals surface area contributed by atoms with Crippen molar-refractivity contribution in [3.63, 3.8) is 0 Å². The highest BCUT2D eigenvalue weighted by Crippen LogP contribution is 2.53. The van der Waals surface area contributed by atoms with Crippen LogP contribution in [0.3, 0.4) is 0 Å². The van der Waals surface area contributed by atoms with Crippen molar-refractivity contribution in [2.24, 2.45) is 0 Å². The van der Waals surface area contributed by atoms with E-state index in [-0.39, 0.29) is 0 Å². The monoisotopic (exact) mass is 561 g/mol. The zero-order valence-electron chi connectivity index (χ0n) is 23.5. The number of furan rings is 1. The zero-order valence-corrected chi connectivity index (χ0v) is 23.5. The van der Waals surface area contributed by atoms with E-state index >= 15 is 0 Å². The van der Waals surface area contributed by atoms with Crippen molar-refractivity contribution < 1.29 is 4.42 Å². The minimum atomic E-state index is 0.641. The first-order chi connectivity index (χ1) is 21.8. The first-order valence-corrected chi connectivity index (χ1v) is 14.8. The average Bonchev–Trinajstić information content (AvgIpc) is 3.47. The summed E-state index contributed by atoms with van der Waals surface area (Å²) in [6, 6.07) is 48.8. The Balaban J connectivity index is 1.33. The number of fused-ring (bicyclic) bond motifs is 9. The number of aromatic nitrogens is 2. The van der Waals surface area contributed by atoms with Gasteiger partial charge in [-0.2, -0.15) is 0 Å². The number of nitrogens with zero attached hydrogens (tertiary/aromatic N) is 3. The molecule has 0 aliphatic carbocycles. The molecular formula is C40H23N3O. The molecule has 0 saturated heterocycles. The SMILES string of the molecule is c1ccc(-c2nc(N3c4ccccc4-c4cc5c6ccccc6oc5c5cccc3c45)nc3ccc4ccccc4c23)cc1. The van der Waals surface area contributed by atoms with Crippen LogP contribution < -0.4 is 4.90 Å². The van der Waals surface area contributed by atoms with Gasteiger partial charge in [0.1, 0.15) is 11.2 Å². The predicted molar refractivity (Wildman–Crippen MR) is 181 cm³/mol. The van der Waals surface area contributed by atoms with E-state index in [1.165, 1.54) is 10.9 Å². The van der Waals surface area contributed by atoms with Crippen molar-refractivity contribution in [1.29, 1.82) is 0 Å². The fraction of sp³-hybridized carbons (Fsp3) is 0. The zero-order chi connectivity index (χ0) is 28.8. The summed E-state index contributed by atoms with van der Waals surface area (Å²) < 4.78 is 6.50. The molecule has 1 aliphatic rings. The Morgan fingerprint density at radius 2 is 1.25 bits per heavy atom. The molecule has 10 rings (SSSR count). The second-order valence-electron chi connectivity index (χ2n) is 11.4. The largest absolute Gasteiger partial charge is 0.455 e. The van der Waals surface area contributed by atoms with Crippen molar-refractivity contribution in [2.45, 2.75) is 0 Å². The number of hydrogen-bond donors (Lipinski definition) is 0. The molecule has 3 heterocycles. The van der Waals surface area contributed by atoms with Gasteiger partial charge in [0.2, 0.25) is 5.95 Å². The lowest BCUT2D eigenvalue weighted by Crippen LogP contribution is -2.18. The summed E-state index contributed by atoms with van der Waals surface area (Å²) in [6.45, 7) is 0. The van der Waals surface area contributed by atoms with Gasteiger partial charge in [0.25, 0.3) is 0 Å². The molecule has 0 amide bonds. The van der Waals surface area contributed by atoms with Crippen LogP contribution in [0, 0.1) is 0 Å². The van der Waals surface area contributed by atoms with E-state index in [9.17, 15) is 0 Å². The molecule has 0 fully saturated rings. The predicted octanol–water partition coefficient (Wildman–Crippen LogP) is 11.0. The maximum absolute atomic E-state index is 6.50. The third-order valence-corrected chi connectivity index (χ3v) is 8.98. The van der Waals surface area contributed by atoms with Gasteiger partial charge in [-0.05, 0) is 46.7 Å². The van der Waals surface area contributed by atoms with Crippen LogP contribution in [-0.4, -0.2) is 9.97 Å². The minimum absolute atomic E-state index is 0.641. The normalized spacial score (nSPS) is 12.5. The second-order valence-corrected chi connectivity index (χ2v) is 11.4. The maximum Gasteiger partial charge on any atom is 0.235 e. The van der Waals surface area contributed by atoms with E-state index in [0.717, 1.165) is 77.2 Å². The van der Waals surface area contributed by atoms with Crippen molar-refractivity contribution in [2.75, 3.05) is 4.90 Å². The van der Waals surface area contributed by atoms with Gasteiger partial charge in [0.05, 0.1) is 22.6 Å². The summed E-state index contributed by atoms with van der Waals surface area (Å²) in [5, 5.41) is 7.86. The standard InChI is InChI=1S/C40H23N3O/c1-2-12-25(13-3-1)38-37-26-14-5-4-11-24(26)21-22-32(37)41-40(42-38)43-33-18-8-6-15-27(33)30-23-31-28-16-7-9-20-35(28)44-39(31)29-17-10-19-34(43)36(29)30/h1-23H. The van der Waals surface area contributed by atoms with E-state index in [0.29, 0.717) is 5.95 Å². The Hall–Kier alpha value is -6.00. The number of anilines is 3. The van der Waals surface area contributed by atoms with Crippen LogP contribution in [-0.2, 0) is 0 Å². The van der Waals surface area contributed by atoms with Crippen molar-refractivity contribution in [1.82, 2.24) is 9.97 Å². The Labute approximate surface area is 252 Å². The van der Waals surface area contributed by atoms with Crippen LogP contribution >= 0.6 is 0 Å². The second kappa shape index (κ2) is 8.76. The highest BCUT2D eigenvalue weighted by Gasteiger charge is 2.30. The molecule has 204 valence electrons. The quantitative estimate of drug-likeness (QED) is 0.197. The van der Waals surface area contributed by atoms with Crippen LogP contribution in [0.5, 0.6) is 0 Å². The Morgan fingerprint density at radius 1 is 0.500 bits per heavy atom. The summed E-state index contributed by atoms with van der Waals surface area (Å²) in [5.41, 5.74) is 9.13. The van der Waals surface area contributed by atoms with Crippen molar-refractivity contribution >= 4 is 71.7 Å². The third kappa shape index (κ3) is 3.17. The first-order valence-electron chi connectivity index (χ1n) is 14.8. The van der Waals surface area contributed by atoms with Crippen LogP contribution in [0.15, 0.2) is 144 Å². The first kappa shape index (κ1) is 23.6. The molecule has 0 unspecified atom stereocenters.